The lowest BCUT2D eigenvalue weighted by Gasteiger charge is -2.31. The van der Waals surface area contributed by atoms with Crippen LogP contribution in [0.2, 0.25) is 0 Å². The lowest BCUT2D eigenvalue weighted by Crippen LogP contribution is -2.32. The number of allylic oxidation sites excluding steroid dienone is 1. The number of aryl methyl sites for hydroxylation is 1. The largest absolute Gasteiger partial charge is 0.381 e. The second-order valence-electron chi connectivity index (χ2n) is 5.86. The molecule has 0 aromatic carbocycles. The molecule has 0 bridgehead atoms. The normalized spacial score (nSPS) is 18.0. The standard InChI is InChI=1S/C15H23FN4O/c1-11-17-9-14(15(21)13(16)10-18(2)3)20(11)12-5-7-19(4)8-6-12/h9-10,12H,5-8H2,1-4H3. The van der Waals surface area contributed by atoms with E-state index in [0.717, 1.165) is 31.8 Å². The molecule has 5 nitrogen and oxygen atoms in total. The van der Waals surface area contributed by atoms with Gasteiger partial charge in [-0.05, 0) is 39.9 Å². The molecule has 21 heavy (non-hydrogen) atoms. The van der Waals surface area contributed by atoms with Gasteiger partial charge in [0.25, 0.3) is 0 Å². The topological polar surface area (TPSA) is 41.4 Å². The summed E-state index contributed by atoms with van der Waals surface area (Å²) in [6.07, 6.45) is 4.59. The van der Waals surface area contributed by atoms with E-state index in [1.54, 1.807) is 14.1 Å². The number of ketones is 1. The highest BCUT2D eigenvalue weighted by molar-refractivity contribution is 6.05. The van der Waals surface area contributed by atoms with Gasteiger partial charge >= 0.3 is 0 Å². The first kappa shape index (κ1) is 15.7. The second kappa shape index (κ2) is 6.39. The predicted molar refractivity (Wildman–Crippen MR) is 79.9 cm³/mol. The van der Waals surface area contributed by atoms with E-state index >= 15 is 0 Å². The summed E-state index contributed by atoms with van der Waals surface area (Å²) >= 11 is 0. The molecule has 116 valence electrons. The van der Waals surface area contributed by atoms with Gasteiger partial charge in [0.2, 0.25) is 5.78 Å². The molecule has 2 heterocycles. The zero-order valence-corrected chi connectivity index (χ0v) is 13.1. The summed E-state index contributed by atoms with van der Waals surface area (Å²) in [4.78, 5) is 20.3. The van der Waals surface area contributed by atoms with Crippen molar-refractivity contribution in [3.63, 3.8) is 0 Å². The molecule has 6 heteroatoms. The molecule has 0 spiro atoms. The predicted octanol–water partition coefficient (Wildman–Crippen LogP) is 2.01. The highest BCUT2D eigenvalue weighted by Crippen LogP contribution is 2.26. The summed E-state index contributed by atoms with van der Waals surface area (Å²) in [5.41, 5.74) is 0.345. The minimum absolute atomic E-state index is 0.217. The molecule has 0 saturated carbocycles. The Hall–Kier alpha value is -1.69. The summed E-state index contributed by atoms with van der Waals surface area (Å²) in [6, 6.07) is 0.217. The molecule has 0 unspecified atom stereocenters. The minimum Gasteiger partial charge on any atom is -0.381 e. The lowest BCUT2D eigenvalue weighted by atomic mass is 10.0. The van der Waals surface area contributed by atoms with Crippen molar-refractivity contribution < 1.29 is 9.18 Å². The SMILES string of the molecule is Cc1ncc(C(=O)C(F)=CN(C)C)n1C1CCN(C)CC1. The zero-order valence-electron chi connectivity index (χ0n) is 13.1. The Bertz CT molecular complexity index is 542. The van der Waals surface area contributed by atoms with Gasteiger partial charge in [0.05, 0.1) is 6.20 Å². The molecule has 0 radical (unpaired) electrons. The van der Waals surface area contributed by atoms with Gasteiger partial charge in [0.1, 0.15) is 11.5 Å². The molecule has 1 aromatic rings. The zero-order chi connectivity index (χ0) is 15.6. The first-order valence-electron chi connectivity index (χ1n) is 7.21. The molecule has 0 N–H and O–H groups in total. The molecule has 2 rings (SSSR count). The maximum Gasteiger partial charge on any atom is 0.240 e. The Morgan fingerprint density at radius 2 is 2.05 bits per heavy atom. The molecule has 1 saturated heterocycles. The van der Waals surface area contributed by atoms with E-state index in [1.807, 2.05) is 11.5 Å². The van der Waals surface area contributed by atoms with Crippen LogP contribution in [0, 0.1) is 6.92 Å². The number of carbonyl (C=O) groups excluding carboxylic acids is 1. The number of aromatic nitrogens is 2. The van der Waals surface area contributed by atoms with Crippen LogP contribution in [0.5, 0.6) is 0 Å². The molecule has 0 atom stereocenters. The third kappa shape index (κ3) is 3.50. The van der Waals surface area contributed by atoms with Gasteiger partial charge in [0, 0.05) is 26.3 Å². The highest BCUT2D eigenvalue weighted by Gasteiger charge is 2.26. The van der Waals surface area contributed by atoms with Gasteiger partial charge in [0.15, 0.2) is 5.83 Å². The first-order valence-corrected chi connectivity index (χ1v) is 7.21. The van der Waals surface area contributed by atoms with Crippen LogP contribution in [0.15, 0.2) is 18.2 Å². The molecular weight excluding hydrogens is 271 g/mol. The Balaban J connectivity index is 2.28. The van der Waals surface area contributed by atoms with E-state index in [-0.39, 0.29) is 6.04 Å². The smallest absolute Gasteiger partial charge is 0.240 e. The van der Waals surface area contributed by atoms with Gasteiger partial charge in [-0.1, -0.05) is 0 Å². The van der Waals surface area contributed by atoms with E-state index in [0.29, 0.717) is 5.69 Å². The van der Waals surface area contributed by atoms with E-state index < -0.39 is 11.6 Å². The van der Waals surface area contributed by atoms with Crippen molar-refractivity contribution in [3.8, 4) is 0 Å². The second-order valence-corrected chi connectivity index (χ2v) is 5.86. The molecular formula is C15H23FN4O. The minimum atomic E-state index is -0.755. The summed E-state index contributed by atoms with van der Waals surface area (Å²) in [7, 11) is 5.46. The van der Waals surface area contributed by atoms with Gasteiger partial charge < -0.3 is 14.4 Å². The Morgan fingerprint density at radius 1 is 1.43 bits per heavy atom. The van der Waals surface area contributed by atoms with Crippen molar-refractivity contribution in [1.82, 2.24) is 19.4 Å². The van der Waals surface area contributed by atoms with Gasteiger partial charge in [-0.3, -0.25) is 4.79 Å². The molecule has 0 amide bonds. The highest BCUT2D eigenvalue weighted by atomic mass is 19.1. The summed E-state index contributed by atoms with van der Waals surface area (Å²) < 4.78 is 15.9. The Kier molecular flexibility index (Phi) is 4.77. The Labute approximate surface area is 125 Å². The van der Waals surface area contributed by atoms with Gasteiger partial charge in [-0.15, -0.1) is 0 Å². The molecule has 1 fully saturated rings. The van der Waals surface area contributed by atoms with Crippen molar-refractivity contribution in [2.45, 2.75) is 25.8 Å². The van der Waals surface area contributed by atoms with Crippen LogP contribution in [-0.4, -0.2) is 59.4 Å². The number of likely N-dealkylation sites (tertiary alicyclic amines) is 1. The van der Waals surface area contributed by atoms with Crippen molar-refractivity contribution >= 4 is 5.78 Å². The summed E-state index contributed by atoms with van der Waals surface area (Å²) in [5, 5.41) is 0. The number of rotatable bonds is 4. The van der Waals surface area contributed by atoms with Crippen molar-refractivity contribution in [3.05, 3.63) is 29.7 Å². The van der Waals surface area contributed by atoms with Crippen LogP contribution in [0.1, 0.15) is 35.2 Å². The van der Waals surface area contributed by atoms with E-state index in [4.69, 9.17) is 0 Å². The van der Waals surface area contributed by atoms with Crippen molar-refractivity contribution in [2.24, 2.45) is 0 Å². The quantitative estimate of drug-likeness (QED) is 0.629. The first-order chi connectivity index (χ1) is 9.90. The third-order valence-corrected chi connectivity index (χ3v) is 3.86. The number of hydrogen-bond acceptors (Lipinski definition) is 4. The van der Waals surface area contributed by atoms with E-state index in [9.17, 15) is 9.18 Å². The fourth-order valence-electron chi connectivity index (χ4n) is 2.74. The molecule has 1 aliphatic rings. The lowest BCUT2D eigenvalue weighted by molar-refractivity contribution is 0.0987. The van der Waals surface area contributed by atoms with Crippen LogP contribution in [-0.2, 0) is 0 Å². The number of piperidine rings is 1. The van der Waals surface area contributed by atoms with E-state index in [1.165, 1.54) is 17.3 Å². The van der Waals surface area contributed by atoms with Crippen molar-refractivity contribution in [2.75, 3.05) is 34.2 Å². The molecule has 1 aromatic heterocycles. The molecule has 0 aliphatic carbocycles. The van der Waals surface area contributed by atoms with Crippen LogP contribution >= 0.6 is 0 Å². The van der Waals surface area contributed by atoms with Crippen LogP contribution in [0.25, 0.3) is 0 Å². The summed E-state index contributed by atoms with van der Waals surface area (Å²) in [6.45, 7) is 3.82. The van der Waals surface area contributed by atoms with Crippen LogP contribution < -0.4 is 0 Å². The third-order valence-electron chi connectivity index (χ3n) is 3.86. The number of carbonyl (C=O) groups is 1. The average Bonchev–Trinajstić information content (AvgIpc) is 2.80. The Morgan fingerprint density at radius 3 is 2.62 bits per heavy atom. The average molecular weight is 294 g/mol. The number of imidazole rings is 1. The van der Waals surface area contributed by atoms with Crippen molar-refractivity contribution in [1.29, 1.82) is 0 Å². The molecule has 1 aliphatic heterocycles. The van der Waals surface area contributed by atoms with Gasteiger partial charge in [-0.25, -0.2) is 9.37 Å². The van der Waals surface area contributed by atoms with Crippen LogP contribution in [0.3, 0.4) is 0 Å². The number of nitrogens with zero attached hydrogens (tertiary/aromatic N) is 4. The fraction of sp³-hybridized carbons (Fsp3) is 0.600. The fourth-order valence-corrected chi connectivity index (χ4v) is 2.74. The number of hydrogen-bond donors (Lipinski definition) is 0. The van der Waals surface area contributed by atoms with Gasteiger partial charge in [-0.2, -0.15) is 0 Å². The monoisotopic (exact) mass is 294 g/mol. The number of Topliss-reactive ketones (excluding diaryl/α,β-unsaturated/α-hetero) is 1. The maximum atomic E-state index is 14.0. The maximum absolute atomic E-state index is 14.0. The number of halogens is 1. The van der Waals surface area contributed by atoms with E-state index in [2.05, 4.69) is 16.9 Å². The van der Waals surface area contributed by atoms with Crippen LogP contribution in [0.4, 0.5) is 4.39 Å². The summed E-state index contributed by atoms with van der Waals surface area (Å²) in [5.74, 6) is -0.581.